The Morgan fingerprint density at radius 2 is 2.50 bits per heavy atom. The van der Waals surface area contributed by atoms with E-state index in [4.69, 9.17) is 0 Å². The first kappa shape index (κ1) is 7.14. The van der Waals surface area contributed by atoms with Gasteiger partial charge >= 0.3 is 5.97 Å². The maximum absolute atomic E-state index is 10.0. The molecule has 0 aliphatic rings. The summed E-state index contributed by atoms with van der Waals surface area (Å²) in [6.45, 7) is 3.84. The highest BCUT2D eigenvalue weighted by Crippen LogP contribution is 1.69. The summed E-state index contributed by atoms with van der Waals surface area (Å²) in [5.74, 6) is -0.331. The molecule has 0 radical (unpaired) electrons. The quantitative estimate of drug-likeness (QED) is 0.300. The van der Waals surface area contributed by atoms with Crippen LogP contribution in [0, 0.1) is 0 Å². The maximum atomic E-state index is 10.0. The van der Waals surface area contributed by atoms with Crippen LogP contribution in [0.4, 0.5) is 0 Å². The van der Waals surface area contributed by atoms with Crippen LogP contribution in [-0.4, -0.2) is 18.9 Å². The SMILES string of the molecule is CCN=COC(C)=O. The van der Waals surface area contributed by atoms with Gasteiger partial charge in [-0.05, 0) is 6.92 Å². The van der Waals surface area contributed by atoms with Crippen LogP contribution < -0.4 is 0 Å². The predicted molar refractivity (Wildman–Crippen MR) is 30.8 cm³/mol. The van der Waals surface area contributed by atoms with Crippen molar-refractivity contribution in [3.63, 3.8) is 0 Å². The lowest BCUT2D eigenvalue weighted by atomic mass is 10.8. The summed E-state index contributed by atoms with van der Waals surface area (Å²) in [6.07, 6.45) is 1.16. The summed E-state index contributed by atoms with van der Waals surface area (Å²) in [7, 11) is 0. The van der Waals surface area contributed by atoms with Crippen LogP contribution in [0.3, 0.4) is 0 Å². The van der Waals surface area contributed by atoms with E-state index in [0.717, 1.165) is 6.40 Å². The zero-order valence-corrected chi connectivity index (χ0v) is 5.05. The Hall–Kier alpha value is -0.860. The average molecular weight is 115 g/mol. The third-order valence-electron chi connectivity index (χ3n) is 0.476. The highest BCUT2D eigenvalue weighted by molar-refractivity contribution is 5.75. The molecule has 0 aliphatic carbocycles. The number of carbonyl (C=O) groups is 1. The molecule has 0 amide bonds. The van der Waals surface area contributed by atoms with Crippen LogP contribution in [0.1, 0.15) is 13.8 Å². The Morgan fingerprint density at radius 3 is 2.88 bits per heavy atom. The van der Waals surface area contributed by atoms with Crippen molar-refractivity contribution in [3.8, 4) is 0 Å². The summed E-state index contributed by atoms with van der Waals surface area (Å²) in [6, 6.07) is 0. The van der Waals surface area contributed by atoms with E-state index in [0.29, 0.717) is 6.54 Å². The molecule has 0 saturated carbocycles. The highest BCUT2D eigenvalue weighted by Gasteiger charge is 1.82. The van der Waals surface area contributed by atoms with Gasteiger partial charge in [0, 0.05) is 13.5 Å². The third-order valence-corrected chi connectivity index (χ3v) is 0.476. The molecule has 0 aromatic carbocycles. The van der Waals surface area contributed by atoms with Crippen molar-refractivity contribution >= 4 is 12.4 Å². The average Bonchev–Trinajstić information content (AvgIpc) is 1.66. The van der Waals surface area contributed by atoms with Crippen LogP contribution in [0.5, 0.6) is 0 Å². The molecule has 0 N–H and O–H groups in total. The molecule has 0 heterocycles. The number of nitrogens with zero attached hydrogens (tertiary/aromatic N) is 1. The second kappa shape index (κ2) is 4.30. The zero-order chi connectivity index (χ0) is 6.41. The summed E-state index contributed by atoms with van der Waals surface area (Å²) in [5, 5.41) is 0. The van der Waals surface area contributed by atoms with Gasteiger partial charge in [0.05, 0.1) is 0 Å². The molecule has 0 fully saturated rings. The van der Waals surface area contributed by atoms with Gasteiger partial charge in [-0.1, -0.05) is 0 Å². The van der Waals surface area contributed by atoms with E-state index in [1.54, 1.807) is 0 Å². The van der Waals surface area contributed by atoms with E-state index in [1.165, 1.54) is 6.92 Å². The van der Waals surface area contributed by atoms with Crippen molar-refractivity contribution in [2.75, 3.05) is 6.54 Å². The second-order valence-electron chi connectivity index (χ2n) is 1.21. The lowest BCUT2D eigenvalue weighted by Crippen LogP contribution is -1.94. The van der Waals surface area contributed by atoms with Crippen LogP contribution in [-0.2, 0) is 9.53 Å². The fraction of sp³-hybridized carbons (Fsp3) is 0.600. The number of carbonyl (C=O) groups excluding carboxylic acids is 1. The summed E-state index contributed by atoms with van der Waals surface area (Å²) in [4.78, 5) is 13.6. The van der Waals surface area contributed by atoms with Crippen LogP contribution in [0.25, 0.3) is 0 Å². The molecule has 3 nitrogen and oxygen atoms in total. The van der Waals surface area contributed by atoms with Crippen molar-refractivity contribution in [2.24, 2.45) is 4.99 Å². The number of rotatable bonds is 2. The molecule has 8 heavy (non-hydrogen) atoms. The summed E-state index contributed by atoms with van der Waals surface area (Å²) < 4.78 is 4.35. The Morgan fingerprint density at radius 1 is 1.88 bits per heavy atom. The van der Waals surface area contributed by atoms with Crippen molar-refractivity contribution < 1.29 is 9.53 Å². The standard InChI is InChI=1S/C5H9NO2/c1-3-6-4-8-5(2)7/h4H,3H2,1-2H3. The molecule has 0 aromatic rings. The van der Waals surface area contributed by atoms with E-state index in [1.807, 2.05) is 6.92 Å². The van der Waals surface area contributed by atoms with Crippen molar-refractivity contribution in [2.45, 2.75) is 13.8 Å². The van der Waals surface area contributed by atoms with Gasteiger partial charge in [-0.2, -0.15) is 0 Å². The normalized spacial score (nSPS) is 9.75. The Bertz CT molecular complexity index is 98.6. The van der Waals surface area contributed by atoms with Gasteiger partial charge in [0.2, 0.25) is 0 Å². The number of hydrogen-bond acceptors (Lipinski definition) is 3. The molecular weight excluding hydrogens is 106 g/mol. The number of ether oxygens (including phenoxy) is 1. The minimum Gasteiger partial charge on any atom is -0.415 e. The fourth-order valence-electron chi connectivity index (χ4n) is 0.186. The van der Waals surface area contributed by atoms with E-state index in [2.05, 4.69) is 9.73 Å². The smallest absolute Gasteiger partial charge is 0.308 e. The summed E-state index contributed by atoms with van der Waals surface area (Å²) in [5.41, 5.74) is 0. The molecule has 0 saturated heterocycles. The van der Waals surface area contributed by atoms with Crippen LogP contribution in [0.15, 0.2) is 4.99 Å². The first-order valence-electron chi connectivity index (χ1n) is 2.43. The maximum Gasteiger partial charge on any atom is 0.308 e. The first-order chi connectivity index (χ1) is 3.77. The molecule has 0 rings (SSSR count). The fourth-order valence-corrected chi connectivity index (χ4v) is 0.186. The molecule has 0 bridgehead atoms. The zero-order valence-electron chi connectivity index (χ0n) is 5.05. The Labute approximate surface area is 48.4 Å². The van der Waals surface area contributed by atoms with Gasteiger partial charge in [0.25, 0.3) is 0 Å². The first-order valence-corrected chi connectivity index (χ1v) is 2.43. The molecule has 0 aromatic heterocycles. The molecular formula is C5H9NO2. The van der Waals surface area contributed by atoms with Gasteiger partial charge in [-0.3, -0.25) is 9.79 Å². The number of aliphatic imine (C=N–C) groups is 1. The van der Waals surface area contributed by atoms with E-state index >= 15 is 0 Å². The van der Waals surface area contributed by atoms with Crippen molar-refractivity contribution in [3.05, 3.63) is 0 Å². The van der Waals surface area contributed by atoms with Gasteiger partial charge in [0.1, 0.15) is 0 Å². The van der Waals surface area contributed by atoms with Crippen molar-refractivity contribution in [1.82, 2.24) is 0 Å². The van der Waals surface area contributed by atoms with Gasteiger partial charge < -0.3 is 4.74 Å². The monoisotopic (exact) mass is 115 g/mol. The van der Waals surface area contributed by atoms with Gasteiger partial charge in [-0.25, -0.2) is 0 Å². The predicted octanol–water partition coefficient (Wildman–Crippen LogP) is 0.598. The largest absolute Gasteiger partial charge is 0.415 e. The molecule has 0 spiro atoms. The molecule has 3 heteroatoms. The number of esters is 1. The lowest BCUT2D eigenvalue weighted by Gasteiger charge is -1.86. The van der Waals surface area contributed by atoms with Crippen LogP contribution in [0.2, 0.25) is 0 Å². The molecule has 0 aliphatic heterocycles. The minimum atomic E-state index is -0.331. The van der Waals surface area contributed by atoms with E-state index in [-0.39, 0.29) is 5.97 Å². The van der Waals surface area contributed by atoms with Crippen molar-refractivity contribution in [1.29, 1.82) is 0 Å². The summed E-state index contributed by atoms with van der Waals surface area (Å²) >= 11 is 0. The second-order valence-corrected chi connectivity index (χ2v) is 1.21. The topological polar surface area (TPSA) is 38.7 Å². The molecule has 0 atom stereocenters. The third kappa shape index (κ3) is 5.14. The van der Waals surface area contributed by atoms with Crippen LogP contribution >= 0.6 is 0 Å². The van der Waals surface area contributed by atoms with E-state index in [9.17, 15) is 4.79 Å². The minimum absolute atomic E-state index is 0.331. The molecule has 0 unspecified atom stereocenters. The van der Waals surface area contributed by atoms with E-state index < -0.39 is 0 Å². The van der Waals surface area contributed by atoms with Gasteiger partial charge in [0.15, 0.2) is 6.40 Å². The van der Waals surface area contributed by atoms with Gasteiger partial charge in [-0.15, -0.1) is 0 Å². The highest BCUT2D eigenvalue weighted by atomic mass is 16.5. The lowest BCUT2D eigenvalue weighted by molar-refractivity contribution is -0.132. The number of hydrogen-bond donors (Lipinski definition) is 0. The Balaban J connectivity index is 3.16. The molecule has 46 valence electrons. The Kier molecular flexibility index (Phi) is 3.84.